The minimum Gasteiger partial charge on any atom is -0.378 e. The molecule has 0 aromatic carbocycles. The molecule has 8 heteroatoms. The number of ether oxygens (including phenoxy) is 1. The van der Waals surface area contributed by atoms with Crippen LogP contribution in [0.5, 0.6) is 0 Å². The Kier molecular flexibility index (Phi) is 6.13. The van der Waals surface area contributed by atoms with Crippen LogP contribution in [0.3, 0.4) is 0 Å². The summed E-state index contributed by atoms with van der Waals surface area (Å²) < 4.78 is 5.44. The topological polar surface area (TPSA) is 60.9 Å². The molecule has 33 heavy (non-hydrogen) atoms. The van der Waals surface area contributed by atoms with E-state index in [4.69, 9.17) is 19.7 Å². The average Bonchev–Trinajstić information content (AvgIpc) is 2.84. The number of fused-ring (bicyclic) bond motifs is 1. The lowest BCUT2D eigenvalue weighted by molar-refractivity contribution is 0.120. The zero-order valence-electron chi connectivity index (χ0n) is 19.5. The maximum absolute atomic E-state index is 5.44. The maximum atomic E-state index is 5.44. The van der Waals surface area contributed by atoms with Gasteiger partial charge < -0.3 is 14.5 Å². The number of hydrogen-bond acceptors (Lipinski definition) is 8. The van der Waals surface area contributed by atoms with Gasteiger partial charge in [0.15, 0.2) is 0 Å². The first-order valence-corrected chi connectivity index (χ1v) is 12.7. The fourth-order valence-electron chi connectivity index (χ4n) is 5.44. The van der Waals surface area contributed by atoms with Crippen LogP contribution in [0.1, 0.15) is 36.1 Å². The molecule has 0 N–H and O–H groups in total. The van der Waals surface area contributed by atoms with Crippen molar-refractivity contribution < 1.29 is 4.74 Å². The van der Waals surface area contributed by atoms with Gasteiger partial charge in [-0.25, -0.2) is 15.0 Å². The summed E-state index contributed by atoms with van der Waals surface area (Å²) in [7, 11) is 0. The summed E-state index contributed by atoms with van der Waals surface area (Å²) in [5.41, 5.74) is 3.77. The van der Waals surface area contributed by atoms with Crippen molar-refractivity contribution in [3.63, 3.8) is 0 Å². The van der Waals surface area contributed by atoms with Crippen molar-refractivity contribution in [2.24, 2.45) is 0 Å². The van der Waals surface area contributed by atoms with Crippen LogP contribution in [0.2, 0.25) is 0 Å². The van der Waals surface area contributed by atoms with E-state index in [1.54, 1.807) is 0 Å². The van der Waals surface area contributed by atoms with Crippen LogP contribution in [-0.2, 0) is 24.2 Å². The van der Waals surface area contributed by atoms with Crippen LogP contribution >= 0.6 is 0 Å². The molecule has 0 amide bonds. The number of aromatic nitrogens is 3. The summed E-state index contributed by atoms with van der Waals surface area (Å²) in [5.74, 6) is 1.99. The molecule has 0 spiro atoms. The Labute approximate surface area is 196 Å². The van der Waals surface area contributed by atoms with Gasteiger partial charge in [-0.3, -0.25) is 9.80 Å². The lowest BCUT2D eigenvalue weighted by atomic mass is 9.91. The largest absolute Gasteiger partial charge is 0.378 e. The Morgan fingerprint density at radius 2 is 1.73 bits per heavy atom. The molecule has 2 aromatic heterocycles. The number of pyridine rings is 1. The van der Waals surface area contributed by atoms with Gasteiger partial charge in [-0.2, -0.15) is 0 Å². The second-order valence-electron chi connectivity index (χ2n) is 9.83. The van der Waals surface area contributed by atoms with Gasteiger partial charge in [-0.1, -0.05) is 12.5 Å². The van der Waals surface area contributed by atoms with Crippen LogP contribution in [0, 0.1) is 0 Å². The highest BCUT2D eigenvalue weighted by Gasteiger charge is 2.29. The Bertz CT molecular complexity index is 934. The van der Waals surface area contributed by atoms with E-state index < -0.39 is 0 Å². The molecule has 5 heterocycles. The predicted molar refractivity (Wildman–Crippen MR) is 129 cm³/mol. The first-order valence-electron chi connectivity index (χ1n) is 12.7. The lowest BCUT2D eigenvalue weighted by Crippen LogP contribution is -2.52. The van der Waals surface area contributed by atoms with Crippen LogP contribution in [0.15, 0.2) is 24.5 Å². The fourth-order valence-corrected chi connectivity index (χ4v) is 5.44. The summed E-state index contributed by atoms with van der Waals surface area (Å²) in [5, 5.41) is 0. The Morgan fingerprint density at radius 1 is 0.879 bits per heavy atom. The van der Waals surface area contributed by atoms with Crippen molar-refractivity contribution >= 4 is 11.8 Å². The Morgan fingerprint density at radius 3 is 2.45 bits per heavy atom. The summed E-state index contributed by atoms with van der Waals surface area (Å²) in [6, 6.07) is 5.21. The van der Waals surface area contributed by atoms with E-state index in [1.807, 2.05) is 6.20 Å². The fraction of sp³-hybridized carbons (Fsp3) is 0.640. The number of hydrogen-bond donors (Lipinski definition) is 0. The number of rotatable bonds is 5. The quantitative estimate of drug-likeness (QED) is 0.687. The van der Waals surface area contributed by atoms with Crippen LogP contribution < -0.4 is 9.80 Å². The zero-order valence-corrected chi connectivity index (χ0v) is 19.5. The van der Waals surface area contributed by atoms with E-state index in [0.717, 1.165) is 96.3 Å². The van der Waals surface area contributed by atoms with Crippen molar-refractivity contribution in [2.45, 2.75) is 44.8 Å². The molecule has 2 aromatic rings. The molecular weight excluding hydrogens is 414 g/mol. The molecule has 6 rings (SSSR count). The summed E-state index contributed by atoms with van der Waals surface area (Å²) in [4.78, 5) is 24.3. The van der Waals surface area contributed by atoms with Gasteiger partial charge in [-0.15, -0.1) is 0 Å². The minimum atomic E-state index is 0.789. The van der Waals surface area contributed by atoms with E-state index in [1.165, 1.54) is 36.1 Å². The second kappa shape index (κ2) is 9.52. The van der Waals surface area contributed by atoms with Crippen molar-refractivity contribution in [1.82, 2.24) is 24.8 Å². The van der Waals surface area contributed by atoms with Gasteiger partial charge >= 0.3 is 0 Å². The van der Waals surface area contributed by atoms with Gasteiger partial charge in [0.2, 0.25) is 5.95 Å². The SMILES string of the molecule is c1cc(N2CCOCC2)ncc1CN1CCc2nc(N3CCN(C4CCC4)CC3)ncc2C1. The molecule has 3 fully saturated rings. The highest BCUT2D eigenvalue weighted by molar-refractivity contribution is 5.40. The number of anilines is 2. The molecule has 3 aliphatic heterocycles. The zero-order chi connectivity index (χ0) is 22.0. The van der Waals surface area contributed by atoms with Gasteiger partial charge in [0.05, 0.1) is 18.9 Å². The molecule has 4 aliphatic rings. The monoisotopic (exact) mass is 449 g/mol. The van der Waals surface area contributed by atoms with Crippen LogP contribution in [-0.4, -0.2) is 89.8 Å². The Hall–Kier alpha value is -2.29. The number of morpholine rings is 1. The molecule has 0 bridgehead atoms. The third-order valence-electron chi connectivity index (χ3n) is 7.74. The van der Waals surface area contributed by atoms with Crippen molar-refractivity contribution in [2.75, 3.05) is 68.8 Å². The Balaban J connectivity index is 1.04. The third kappa shape index (κ3) is 4.69. The minimum absolute atomic E-state index is 0.789. The number of nitrogens with zero attached hydrogens (tertiary/aromatic N) is 7. The normalized spacial score (nSPS) is 22.8. The highest BCUT2D eigenvalue weighted by Crippen LogP contribution is 2.27. The summed E-state index contributed by atoms with van der Waals surface area (Å²) in [6.07, 6.45) is 9.28. The van der Waals surface area contributed by atoms with Crippen molar-refractivity contribution in [1.29, 1.82) is 0 Å². The smallest absolute Gasteiger partial charge is 0.225 e. The molecule has 0 unspecified atom stereocenters. The lowest BCUT2D eigenvalue weighted by Gasteiger charge is -2.43. The van der Waals surface area contributed by atoms with Gasteiger partial charge in [0.25, 0.3) is 0 Å². The van der Waals surface area contributed by atoms with Gasteiger partial charge in [0.1, 0.15) is 5.82 Å². The van der Waals surface area contributed by atoms with Crippen molar-refractivity contribution in [3.8, 4) is 0 Å². The highest BCUT2D eigenvalue weighted by atomic mass is 16.5. The summed E-state index contributed by atoms with van der Waals surface area (Å²) >= 11 is 0. The average molecular weight is 450 g/mol. The standard InChI is InChI=1S/C25H35N7O/c1-2-22(3-1)30-8-10-32(11-9-30)25-27-17-21-19-29(7-6-23(21)28-25)18-20-4-5-24(26-16-20)31-12-14-33-15-13-31/h4-5,16-17,22H,1-3,6-15,18-19H2. The van der Waals surface area contributed by atoms with Crippen LogP contribution in [0.4, 0.5) is 11.8 Å². The molecule has 0 radical (unpaired) electrons. The molecule has 8 nitrogen and oxygen atoms in total. The first kappa shape index (κ1) is 21.3. The van der Waals surface area contributed by atoms with Crippen molar-refractivity contribution in [3.05, 3.63) is 41.3 Å². The van der Waals surface area contributed by atoms with E-state index in [2.05, 4.69) is 37.9 Å². The predicted octanol–water partition coefficient (Wildman–Crippen LogP) is 1.94. The number of piperazine rings is 1. The van der Waals surface area contributed by atoms with E-state index in [0.29, 0.717) is 0 Å². The maximum Gasteiger partial charge on any atom is 0.225 e. The first-order chi connectivity index (χ1) is 16.3. The van der Waals surface area contributed by atoms with E-state index >= 15 is 0 Å². The van der Waals surface area contributed by atoms with Gasteiger partial charge in [-0.05, 0) is 24.5 Å². The van der Waals surface area contributed by atoms with Crippen LogP contribution in [0.25, 0.3) is 0 Å². The summed E-state index contributed by atoms with van der Waals surface area (Å²) in [6.45, 7) is 10.7. The van der Waals surface area contributed by atoms with E-state index in [-0.39, 0.29) is 0 Å². The molecule has 0 atom stereocenters. The molecule has 176 valence electrons. The molecule has 2 saturated heterocycles. The molecule has 1 aliphatic carbocycles. The van der Waals surface area contributed by atoms with E-state index in [9.17, 15) is 0 Å². The third-order valence-corrected chi connectivity index (χ3v) is 7.74. The second-order valence-corrected chi connectivity index (χ2v) is 9.83. The molecule has 1 saturated carbocycles. The molecular formula is C25H35N7O. The van der Waals surface area contributed by atoms with Gasteiger partial charge in [0, 0.05) is 89.3 Å².